The summed E-state index contributed by atoms with van der Waals surface area (Å²) in [6.45, 7) is 3.76. The fraction of sp³-hybridized carbons (Fsp3) is 0.286. The monoisotopic (exact) mass is 333 g/mol. The molecule has 5 nitrogen and oxygen atoms in total. The smallest absolute Gasteiger partial charge is 0.222 e. The first-order valence-corrected chi connectivity index (χ1v) is 7.32. The third-order valence-electron chi connectivity index (χ3n) is 3.39. The zero-order valence-corrected chi connectivity index (χ0v) is 12.8. The maximum absolute atomic E-state index is 5.81. The minimum absolute atomic E-state index is 0.322. The summed E-state index contributed by atoms with van der Waals surface area (Å²) in [7, 11) is 0. The molecule has 0 spiro atoms. The largest absolute Gasteiger partial charge is 0.368 e. The summed E-state index contributed by atoms with van der Waals surface area (Å²) in [5.41, 5.74) is 10.1. The Labute approximate surface area is 126 Å². The molecule has 0 unspecified atom stereocenters. The number of nitrogen functional groups attached to an aromatic ring is 1. The molecule has 0 fully saturated rings. The predicted octanol–water partition coefficient (Wildman–Crippen LogP) is 2.52. The van der Waals surface area contributed by atoms with Crippen molar-refractivity contribution >= 4 is 33.4 Å². The van der Waals surface area contributed by atoms with Gasteiger partial charge in [0, 0.05) is 35.2 Å². The molecule has 0 saturated heterocycles. The van der Waals surface area contributed by atoms with E-state index in [4.69, 9.17) is 5.73 Å². The molecule has 20 heavy (non-hydrogen) atoms. The van der Waals surface area contributed by atoms with Crippen LogP contribution in [-0.2, 0) is 13.0 Å². The van der Waals surface area contributed by atoms with Crippen LogP contribution in [-0.4, -0.2) is 16.5 Å². The molecule has 1 aliphatic rings. The highest BCUT2D eigenvalue weighted by Crippen LogP contribution is 2.27. The number of hydrogen-bond acceptors (Lipinski definition) is 5. The highest BCUT2D eigenvalue weighted by molar-refractivity contribution is 9.10. The van der Waals surface area contributed by atoms with Gasteiger partial charge in [-0.3, -0.25) is 0 Å². The molecule has 2 heterocycles. The van der Waals surface area contributed by atoms with Gasteiger partial charge in [0.05, 0.1) is 5.69 Å². The average Bonchev–Trinajstić information content (AvgIpc) is 2.41. The number of benzene rings is 1. The number of aromatic nitrogens is 2. The molecule has 104 valence electrons. The Morgan fingerprint density at radius 1 is 1.35 bits per heavy atom. The number of fused-ring (bicyclic) bond motifs is 1. The van der Waals surface area contributed by atoms with Crippen molar-refractivity contribution in [3.63, 3.8) is 0 Å². The van der Waals surface area contributed by atoms with E-state index in [-0.39, 0.29) is 0 Å². The fourth-order valence-corrected chi connectivity index (χ4v) is 2.84. The zero-order chi connectivity index (χ0) is 14.1. The lowest BCUT2D eigenvalue weighted by atomic mass is 10.1. The Morgan fingerprint density at radius 3 is 3.00 bits per heavy atom. The van der Waals surface area contributed by atoms with Gasteiger partial charge < -0.3 is 16.4 Å². The van der Waals surface area contributed by atoms with E-state index < -0.39 is 0 Å². The van der Waals surface area contributed by atoms with Crippen LogP contribution in [0.5, 0.6) is 0 Å². The molecule has 0 amide bonds. The van der Waals surface area contributed by atoms with Crippen molar-refractivity contribution < 1.29 is 0 Å². The topological polar surface area (TPSA) is 75.9 Å². The van der Waals surface area contributed by atoms with Crippen molar-refractivity contribution in [3.8, 4) is 0 Å². The second kappa shape index (κ2) is 5.38. The third-order valence-corrected chi connectivity index (χ3v) is 3.89. The number of nitrogens with one attached hydrogen (secondary N) is 2. The molecule has 0 radical (unpaired) electrons. The summed E-state index contributed by atoms with van der Waals surface area (Å²) < 4.78 is 1.06. The number of aryl methyl sites for hydroxylation is 1. The van der Waals surface area contributed by atoms with Gasteiger partial charge in [-0.2, -0.15) is 4.98 Å². The van der Waals surface area contributed by atoms with Gasteiger partial charge in [0.15, 0.2) is 0 Å². The third kappa shape index (κ3) is 2.62. The molecule has 2 aromatic rings. The molecule has 0 bridgehead atoms. The first kappa shape index (κ1) is 13.3. The number of hydrogen-bond donors (Lipinski definition) is 3. The molecular formula is C14H16BrN5. The summed E-state index contributed by atoms with van der Waals surface area (Å²) in [6.07, 6.45) is 0.885. The van der Waals surface area contributed by atoms with E-state index in [9.17, 15) is 0 Å². The van der Waals surface area contributed by atoms with E-state index in [1.807, 2.05) is 12.1 Å². The molecule has 0 saturated carbocycles. The molecular weight excluding hydrogens is 318 g/mol. The summed E-state index contributed by atoms with van der Waals surface area (Å²) in [5.74, 6) is 1.12. The van der Waals surface area contributed by atoms with Gasteiger partial charge >= 0.3 is 0 Å². The highest BCUT2D eigenvalue weighted by Gasteiger charge is 2.17. The van der Waals surface area contributed by atoms with E-state index in [2.05, 4.69) is 49.5 Å². The number of anilines is 3. The van der Waals surface area contributed by atoms with Crippen LogP contribution < -0.4 is 16.4 Å². The minimum atomic E-state index is 0.322. The Bertz CT molecular complexity index is 656. The summed E-state index contributed by atoms with van der Waals surface area (Å²) >= 11 is 3.47. The molecule has 1 aliphatic heterocycles. The van der Waals surface area contributed by atoms with Crippen LogP contribution in [0.1, 0.15) is 16.8 Å². The number of nitrogens with two attached hydrogens (primary N) is 1. The Balaban J connectivity index is 2.00. The molecule has 4 N–H and O–H groups in total. The normalized spacial score (nSPS) is 13.9. The van der Waals surface area contributed by atoms with Crippen LogP contribution in [0.3, 0.4) is 0 Å². The SMILES string of the molecule is Cc1cc(Br)ccc1Nc1nc(N)nc2c1CNCC2. The summed E-state index contributed by atoms with van der Waals surface area (Å²) in [5, 5.41) is 6.72. The lowest BCUT2D eigenvalue weighted by Crippen LogP contribution is -2.26. The van der Waals surface area contributed by atoms with Crippen LogP contribution >= 0.6 is 15.9 Å². The average molecular weight is 334 g/mol. The highest BCUT2D eigenvalue weighted by atomic mass is 79.9. The van der Waals surface area contributed by atoms with Crippen molar-refractivity contribution in [2.24, 2.45) is 0 Å². The van der Waals surface area contributed by atoms with E-state index in [0.717, 1.165) is 52.3 Å². The van der Waals surface area contributed by atoms with Gasteiger partial charge in [-0.1, -0.05) is 15.9 Å². The summed E-state index contributed by atoms with van der Waals surface area (Å²) in [6, 6.07) is 6.10. The van der Waals surface area contributed by atoms with Crippen molar-refractivity contribution in [2.75, 3.05) is 17.6 Å². The molecule has 1 aromatic carbocycles. The van der Waals surface area contributed by atoms with E-state index in [1.165, 1.54) is 0 Å². The van der Waals surface area contributed by atoms with Crippen LogP contribution in [0.2, 0.25) is 0 Å². The van der Waals surface area contributed by atoms with Gasteiger partial charge in [0.25, 0.3) is 0 Å². The Kier molecular flexibility index (Phi) is 3.58. The molecule has 6 heteroatoms. The summed E-state index contributed by atoms with van der Waals surface area (Å²) in [4.78, 5) is 8.68. The Hall–Kier alpha value is -1.66. The minimum Gasteiger partial charge on any atom is -0.368 e. The first-order valence-electron chi connectivity index (χ1n) is 6.52. The van der Waals surface area contributed by atoms with Crippen LogP contribution in [0.15, 0.2) is 22.7 Å². The van der Waals surface area contributed by atoms with Crippen molar-refractivity contribution in [3.05, 3.63) is 39.5 Å². The second-order valence-corrected chi connectivity index (χ2v) is 5.78. The standard InChI is InChI=1S/C14H16BrN5/c1-8-6-9(15)2-3-11(8)18-13-10-7-17-5-4-12(10)19-14(16)20-13/h2-3,6,17H,4-5,7H2,1H3,(H3,16,18,19,20). The lowest BCUT2D eigenvalue weighted by molar-refractivity contribution is 0.629. The second-order valence-electron chi connectivity index (χ2n) is 4.87. The molecule has 0 atom stereocenters. The molecule has 1 aromatic heterocycles. The Morgan fingerprint density at radius 2 is 2.20 bits per heavy atom. The molecule has 3 rings (SSSR count). The van der Waals surface area contributed by atoms with Crippen LogP contribution in [0.4, 0.5) is 17.5 Å². The van der Waals surface area contributed by atoms with Gasteiger partial charge in [0.2, 0.25) is 5.95 Å². The van der Waals surface area contributed by atoms with Crippen molar-refractivity contribution in [1.29, 1.82) is 0 Å². The van der Waals surface area contributed by atoms with Crippen molar-refractivity contribution in [1.82, 2.24) is 15.3 Å². The number of rotatable bonds is 2. The van der Waals surface area contributed by atoms with E-state index in [1.54, 1.807) is 0 Å². The predicted molar refractivity (Wildman–Crippen MR) is 84.0 cm³/mol. The van der Waals surface area contributed by atoms with E-state index in [0.29, 0.717) is 5.95 Å². The van der Waals surface area contributed by atoms with E-state index >= 15 is 0 Å². The van der Waals surface area contributed by atoms with Gasteiger partial charge in [-0.25, -0.2) is 4.98 Å². The zero-order valence-electron chi connectivity index (χ0n) is 11.2. The van der Waals surface area contributed by atoms with Crippen LogP contribution in [0.25, 0.3) is 0 Å². The number of nitrogens with zero attached hydrogens (tertiary/aromatic N) is 2. The lowest BCUT2D eigenvalue weighted by Gasteiger charge is -2.20. The number of halogens is 1. The maximum Gasteiger partial charge on any atom is 0.222 e. The first-order chi connectivity index (χ1) is 9.63. The quantitative estimate of drug-likeness (QED) is 0.787. The maximum atomic E-state index is 5.81. The van der Waals surface area contributed by atoms with Crippen LogP contribution in [0, 0.1) is 6.92 Å². The fourth-order valence-electron chi connectivity index (χ4n) is 2.36. The van der Waals surface area contributed by atoms with Gasteiger partial charge in [-0.05, 0) is 30.7 Å². The van der Waals surface area contributed by atoms with Crippen molar-refractivity contribution in [2.45, 2.75) is 19.9 Å². The van der Waals surface area contributed by atoms with Gasteiger partial charge in [-0.15, -0.1) is 0 Å². The molecule has 0 aliphatic carbocycles. The van der Waals surface area contributed by atoms with Gasteiger partial charge in [0.1, 0.15) is 5.82 Å².